The predicted molar refractivity (Wildman–Crippen MR) is 174 cm³/mol. The van der Waals surface area contributed by atoms with Crippen molar-refractivity contribution >= 4 is 48.2 Å². The fourth-order valence-electron chi connectivity index (χ4n) is 5.86. The Morgan fingerprint density at radius 2 is 1.52 bits per heavy atom. The van der Waals surface area contributed by atoms with Crippen molar-refractivity contribution < 1.29 is 136 Å². The van der Waals surface area contributed by atoms with Gasteiger partial charge in [-0.15, -0.1) is 0 Å². The summed E-state index contributed by atoms with van der Waals surface area (Å²) in [7, 11) is 0. The van der Waals surface area contributed by atoms with Gasteiger partial charge in [-0.2, -0.15) is 0 Å². The molecule has 10 heteroatoms. The van der Waals surface area contributed by atoms with E-state index in [0.717, 1.165) is 79.7 Å². The third-order valence-corrected chi connectivity index (χ3v) is 8.37. The second kappa shape index (κ2) is 18.6. The number of rotatable bonds is 12. The third-order valence-electron chi connectivity index (χ3n) is 8.37. The van der Waals surface area contributed by atoms with Crippen LogP contribution in [0.3, 0.4) is 0 Å². The van der Waals surface area contributed by atoms with Crippen molar-refractivity contribution in [1.82, 2.24) is 9.97 Å². The molecule has 2 aliphatic heterocycles. The van der Waals surface area contributed by atoms with Gasteiger partial charge in [0.1, 0.15) is 0 Å². The topological polar surface area (TPSA) is 137 Å². The van der Waals surface area contributed by atoms with Gasteiger partial charge < -0.3 is 29.8 Å². The summed E-state index contributed by atoms with van der Waals surface area (Å²) in [5.74, 6) is -2.25. The molecular weight excluding hydrogens is 723 g/mol. The van der Waals surface area contributed by atoms with Crippen LogP contribution in [0.2, 0.25) is 0 Å². The van der Waals surface area contributed by atoms with Crippen molar-refractivity contribution in [1.29, 1.82) is 0 Å². The minimum atomic E-state index is -1.13. The van der Waals surface area contributed by atoms with Gasteiger partial charge in [0, 0.05) is 45.8 Å². The average Bonchev–Trinajstić information content (AvgIpc) is 3.66. The third kappa shape index (κ3) is 9.53. The SMILES string of the molecule is C=Cc1c(C)/c(=C/c2[nH]c(/C=C3\N=CC(C)=C3CCC(=O)[O-])c(CCC(=O)[O-])c2C)[nH]/c1=C\C1=NC(=C\C)/C(CCC)=C1C.[Rb+].[Rb+]. The second-order valence-electron chi connectivity index (χ2n) is 11.3. The van der Waals surface area contributed by atoms with Gasteiger partial charge in [0.15, 0.2) is 0 Å². The summed E-state index contributed by atoms with van der Waals surface area (Å²) in [5.41, 5.74) is 12.1. The Kier molecular flexibility index (Phi) is 16.6. The van der Waals surface area contributed by atoms with Crippen LogP contribution in [0.15, 0.2) is 56.3 Å². The fourth-order valence-corrected chi connectivity index (χ4v) is 5.86. The molecule has 0 fully saturated rings. The summed E-state index contributed by atoms with van der Waals surface area (Å²) < 4.78 is 0. The number of carboxylic acid groups (broad SMARTS) is 2. The molecular formula is C36H40N4O4Rb2. The molecule has 0 saturated carbocycles. The van der Waals surface area contributed by atoms with E-state index < -0.39 is 11.9 Å². The molecule has 0 unspecified atom stereocenters. The number of aromatic nitrogens is 2. The van der Waals surface area contributed by atoms with Gasteiger partial charge in [0.25, 0.3) is 0 Å². The van der Waals surface area contributed by atoms with Crippen molar-refractivity contribution in [3.8, 4) is 0 Å². The fraction of sp³-hybridized carbons (Fsp3) is 0.333. The summed E-state index contributed by atoms with van der Waals surface area (Å²) in [6.45, 7) is 16.3. The molecule has 0 spiro atoms. The van der Waals surface area contributed by atoms with Gasteiger partial charge in [-0.25, -0.2) is 4.99 Å². The van der Waals surface area contributed by atoms with Crippen molar-refractivity contribution in [2.75, 3.05) is 0 Å². The smallest absolute Gasteiger partial charge is 0.550 e. The summed E-state index contributed by atoms with van der Waals surface area (Å²) in [6, 6.07) is 0. The van der Waals surface area contributed by atoms with E-state index in [2.05, 4.69) is 47.5 Å². The zero-order valence-corrected chi connectivity index (χ0v) is 38.3. The molecule has 4 rings (SSSR count). The maximum absolute atomic E-state index is 11.4. The Balaban J connectivity index is 0.00000368. The molecule has 46 heavy (non-hydrogen) atoms. The van der Waals surface area contributed by atoms with Crippen LogP contribution >= 0.6 is 0 Å². The van der Waals surface area contributed by atoms with Gasteiger partial charge in [0.05, 0.1) is 17.1 Å². The zero-order valence-electron chi connectivity index (χ0n) is 28.4. The second-order valence-corrected chi connectivity index (χ2v) is 11.3. The molecule has 0 aliphatic carbocycles. The number of nitrogens with one attached hydrogen (secondary N) is 2. The first-order valence-electron chi connectivity index (χ1n) is 15.1. The maximum Gasteiger partial charge on any atom is 1.00 e. The number of hydrogen-bond donors (Lipinski definition) is 2. The molecule has 0 amide bonds. The zero-order chi connectivity index (χ0) is 32.1. The number of aliphatic imine (C=N–C) groups is 2. The average molecular weight is 764 g/mol. The molecule has 0 saturated heterocycles. The molecule has 2 N–H and O–H groups in total. The minimum Gasteiger partial charge on any atom is -0.550 e. The summed E-state index contributed by atoms with van der Waals surface area (Å²) in [5, 5.41) is 24.3. The molecule has 0 bridgehead atoms. The van der Waals surface area contributed by atoms with E-state index in [0.29, 0.717) is 12.1 Å². The minimum absolute atomic E-state index is 0. The normalized spacial score (nSPS) is 16.9. The summed E-state index contributed by atoms with van der Waals surface area (Å²) >= 11 is 0. The van der Waals surface area contributed by atoms with Crippen molar-refractivity contribution in [2.45, 2.75) is 80.1 Å². The van der Waals surface area contributed by atoms with Crippen molar-refractivity contribution in [3.05, 3.63) is 90.7 Å². The number of H-pyrrole nitrogens is 2. The molecule has 0 radical (unpaired) electrons. The Hall–Kier alpha value is -1.11. The summed E-state index contributed by atoms with van der Waals surface area (Å²) in [4.78, 5) is 38.9. The number of aliphatic carboxylic acids is 2. The standard InChI is InChI=1S/C36H42N4O4.2Rb/c1-8-11-26-22(6)31(38-28(26)10-3)17-33-24(9-2)21(5)29(39-33)16-30-23(7)27(13-15-36(43)44)34(40-30)18-32-25(12-14-35(41)42)20(4)19-37-32;;/h9-10,16-19,39-40H,2,8,11-15H2,1,3-7H3,(H,41,42)(H,43,44);;/q;2*+1/p-2/b28-10-,29-16-,32-18-,33-17-;;. The van der Waals surface area contributed by atoms with E-state index in [1.807, 2.05) is 45.9 Å². The van der Waals surface area contributed by atoms with Crippen molar-refractivity contribution in [3.63, 3.8) is 0 Å². The quantitative estimate of drug-likeness (QED) is 0.251. The van der Waals surface area contributed by atoms with Crippen LogP contribution in [-0.2, 0) is 16.0 Å². The molecule has 0 aromatic carbocycles. The Labute approximate surface area is 369 Å². The first-order chi connectivity index (χ1) is 21.0. The van der Waals surface area contributed by atoms with Crippen LogP contribution in [0.1, 0.15) is 93.4 Å². The van der Waals surface area contributed by atoms with Gasteiger partial charge in [0.2, 0.25) is 0 Å². The first kappa shape index (κ1) is 41.1. The van der Waals surface area contributed by atoms with Crippen LogP contribution in [0, 0.1) is 13.8 Å². The van der Waals surface area contributed by atoms with Crippen LogP contribution in [0.25, 0.3) is 24.3 Å². The largest absolute Gasteiger partial charge is 1.00 e. The molecule has 230 valence electrons. The number of hydrogen-bond acceptors (Lipinski definition) is 6. The molecule has 2 aliphatic rings. The number of carbonyl (C=O) groups is 2. The first-order valence-corrected chi connectivity index (χ1v) is 15.1. The van der Waals surface area contributed by atoms with Crippen LogP contribution < -0.4 is 137 Å². The van der Waals surface area contributed by atoms with Crippen molar-refractivity contribution in [2.24, 2.45) is 9.98 Å². The van der Waals surface area contributed by atoms with E-state index in [1.54, 1.807) is 6.21 Å². The maximum atomic E-state index is 11.4. The molecule has 0 atom stereocenters. The molecule has 2 aromatic heterocycles. The monoisotopic (exact) mass is 762 g/mol. The van der Waals surface area contributed by atoms with E-state index in [9.17, 15) is 19.8 Å². The molecule has 8 nitrogen and oxygen atoms in total. The summed E-state index contributed by atoms with van der Waals surface area (Å²) in [6.07, 6.45) is 13.9. The Bertz CT molecular complexity index is 1850. The van der Waals surface area contributed by atoms with Gasteiger partial charge in [-0.3, -0.25) is 4.99 Å². The van der Waals surface area contributed by atoms with Crippen LogP contribution in [-0.4, -0.2) is 33.8 Å². The van der Waals surface area contributed by atoms with Gasteiger partial charge in [-0.05, 0) is 124 Å². The Morgan fingerprint density at radius 1 is 0.848 bits per heavy atom. The van der Waals surface area contributed by atoms with Gasteiger partial charge in [-0.1, -0.05) is 32.1 Å². The van der Waals surface area contributed by atoms with E-state index in [1.165, 1.54) is 11.1 Å². The van der Waals surface area contributed by atoms with E-state index in [4.69, 9.17) is 4.99 Å². The van der Waals surface area contributed by atoms with Crippen LogP contribution in [0.5, 0.6) is 0 Å². The van der Waals surface area contributed by atoms with Gasteiger partial charge >= 0.3 is 116 Å². The van der Waals surface area contributed by atoms with E-state index >= 15 is 0 Å². The number of carbonyl (C=O) groups excluding carboxylic acids is 2. The van der Waals surface area contributed by atoms with E-state index in [-0.39, 0.29) is 136 Å². The Morgan fingerprint density at radius 3 is 2.13 bits per heavy atom. The molecule has 2 aromatic rings. The van der Waals surface area contributed by atoms with Crippen LogP contribution in [0.4, 0.5) is 0 Å². The number of aromatic amines is 2. The number of carboxylic acids is 2. The number of allylic oxidation sites excluding steroid dienone is 5. The predicted octanol–water partition coefficient (Wildman–Crippen LogP) is -2.35. The molecule has 4 heterocycles. The number of nitrogens with zero attached hydrogens (tertiary/aromatic N) is 2.